The van der Waals surface area contributed by atoms with Crippen LogP contribution in [-0.2, 0) is 22.7 Å². The van der Waals surface area contributed by atoms with Crippen LogP contribution in [-0.4, -0.2) is 62.3 Å². The van der Waals surface area contributed by atoms with Crippen molar-refractivity contribution in [1.29, 1.82) is 0 Å². The third-order valence-electron chi connectivity index (χ3n) is 7.76. The third-order valence-corrected chi connectivity index (χ3v) is 7.76. The van der Waals surface area contributed by atoms with Crippen molar-refractivity contribution < 1.29 is 9.47 Å². The van der Waals surface area contributed by atoms with E-state index in [1.807, 2.05) is 0 Å². The highest BCUT2D eigenvalue weighted by molar-refractivity contribution is 5.70. The largest absolute Gasteiger partial charge is 0.375 e. The Morgan fingerprint density at radius 3 is 1.23 bits per heavy atom. The van der Waals surface area contributed by atoms with Crippen LogP contribution in [0.25, 0.3) is 11.1 Å². The molecule has 0 amide bonds. The van der Waals surface area contributed by atoms with Gasteiger partial charge in [0, 0.05) is 13.1 Å². The maximum absolute atomic E-state index is 6.26. The first-order chi connectivity index (χ1) is 19.7. The lowest BCUT2D eigenvalue weighted by Crippen LogP contribution is -2.29. The molecule has 2 aromatic rings. The fourth-order valence-corrected chi connectivity index (χ4v) is 5.17. The van der Waals surface area contributed by atoms with Crippen molar-refractivity contribution in [2.75, 3.05) is 52.5 Å². The molecule has 0 atom stereocenters. The molecule has 226 valence electrons. The van der Waals surface area contributed by atoms with Crippen LogP contribution in [0, 0.1) is 0 Å². The van der Waals surface area contributed by atoms with Crippen LogP contribution in [0.4, 0.5) is 0 Å². The molecular weight excluding hydrogens is 492 g/mol. The monoisotopic (exact) mass is 552 g/mol. The van der Waals surface area contributed by atoms with Gasteiger partial charge in [-0.3, -0.25) is 0 Å². The summed E-state index contributed by atoms with van der Waals surface area (Å²) in [4.78, 5) is 5.18. The molecule has 4 heteroatoms. The predicted molar refractivity (Wildman–Crippen MR) is 173 cm³/mol. The second-order valence-electron chi connectivity index (χ2n) is 11.2. The average Bonchev–Trinajstić information content (AvgIpc) is 2.98. The van der Waals surface area contributed by atoms with Gasteiger partial charge in [0.1, 0.15) is 0 Å². The van der Waals surface area contributed by atoms with Crippen molar-refractivity contribution in [2.24, 2.45) is 0 Å². The Labute approximate surface area is 247 Å². The molecule has 40 heavy (non-hydrogen) atoms. The highest BCUT2D eigenvalue weighted by Crippen LogP contribution is 2.28. The molecule has 0 radical (unpaired) electrons. The molecule has 0 aliphatic heterocycles. The second kappa shape index (κ2) is 22.9. The fraction of sp³-hybridized carbons (Fsp3) is 0.667. The van der Waals surface area contributed by atoms with Gasteiger partial charge in [0.05, 0.1) is 26.4 Å². The molecule has 0 bridgehead atoms. The topological polar surface area (TPSA) is 24.9 Å². The van der Waals surface area contributed by atoms with Gasteiger partial charge >= 0.3 is 0 Å². The average molecular weight is 553 g/mol. The highest BCUT2D eigenvalue weighted by Gasteiger charge is 2.11. The fourth-order valence-electron chi connectivity index (χ4n) is 5.17. The molecule has 0 aliphatic carbocycles. The van der Waals surface area contributed by atoms with Crippen LogP contribution in [0.2, 0.25) is 0 Å². The van der Waals surface area contributed by atoms with Crippen molar-refractivity contribution in [3.8, 4) is 11.1 Å². The molecule has 0 fully saturated rings. The second-order valence-corrected chi connectivity index (χ2v) is 11.2. The van der Waals surface area contributed by atoms with Crippen LogP contribution in [0.1, 0.15) is 103 Å². The van der Waals surface area contributed by atoms with E-state index in [-0.39, 0.29) is 0 Å². The van der Waals surface area contributed by atoms with E-state index in [9.17, 15) is 0 Å². The summed E-state index contributed by atoms with van der Waals surface area (Å²) in [5.41, 5.74) is 5.03. The first kappa shape index (κ1) is 34.5. The minimum absolute atomic E-state index is 0.645. The molecule has 2 aromatic carbocycles. The summed E-state index contributed by atoms with van der Waals surface area (Å²) in [6, 6.07) is 17.4. The van der Waals surface area contributed by atoms with Crippen molar-refractivity contribution in [3.05, 3.63) is 59.7 Å². The molecule has 0 spiro atoms. The van der Waals surface area contributed by atoms with E-state index in [1.165, 1.54) is 113 Å². The van der Waals surface area contributed by atoms with Crippen LogP contribution >= 0.6 is 0 Å². The van der Waals surface area contributed by atoms with Crippen LogP contribution < -0.4 is 0 Å². The SMILES string of the molecule is CCCCCN(CCCC)CCOCc1ccccc1-c1ccccc1COCCN(CCCC)CCCCC. The number of hydrogen-bond acceptors (Lipinski definition) is 4. The maximum Gasteiger partial charge on any atom is 0.0723 e. The number of nitrogens with zero attached hydrogens (tertiary/aromatic N) is 2. The van der Waals surface area contributed by atoms with Crippen molar-refractivity contribution in [1.82, 2.24) is 9.80 Å². The molecule has 0 N–H and O–H groups in total. The Morgan fingerprint density at radius 2 is 0.825 bits per heavy atom. The lowest BCUT2D eigenvalue weighted by Gasteiger charge is -2.22. The summed E-state index contributed by atoms with van der Waals surface area (Å²) in [6.45, 7) is 18.7. The number of hydrogen-bond donors (Lipinski definition) is 0. The molecule has 0 aromatic heterocycles. The van der Waals surface area contributed by atoms with Gasteiger partial charge < -0.3 is 19.3 Å². The van der Waals surface area contributed by atoms with E-state index in [1.54, 1.807) is 0 Å². The lowest BCUT2D eigenvalue weighted by molar-refractivity contribution is 0.0908. The number of rotatable bonds is 25. The molecule has 0 aliphatic rings. The predicted octanol–water partition coefficient (Wildman–Crippen LogP) is 8.97. The van der Waals surface area contributed by atoms with Gasteiger partial charge in [-0.2, -0.15) is 0 Å². The van der Waals surface area contributed by atoms with Crippen molar-refractivity contribution >= 4 is 0 Å². The van der Waals surface area contributed by atoms with E-state index in [2.05, 4.69) is 86.0 Å². The summed E-state index contributed by atoms with van der Waals surface area (Å²) in [5.74, 6) is 0. The summed E-state index contributed by atoms with van der Waals surface area (Å²) in [6.07, 6.45) is 12.8. The van der Waals surface area contributed by atoms with Gasteiger partial charge in [-0.15, -0.1) is 0 Å². The van der Waals surface area contributed by atoms with E-state index in [0.717, 1.165) is 26.3 Å². The Morgan fingerprint density at radius 1 is 0.450 bits per heavy atom. The highest BCUT2D eigenvalue weighted by atomic mass is 16.5. The van der Waals surface area contributed by atoms with Gasteiger partial charge in [-0.05, 0) is 74.1 Å². The van der Waals surface area contributed by atoms with Crippen LogP contribution in [0.3, 0.4) is 0 Å². The lowest BCUT2D eigenvalue weighted by atomic mass is 9.96. The molecule has 4 nitrogen and oxygen atoms in total. The van der Waals surface area contributed by atoms with E-state index in [4.69, 9.17) is 9.47 Å². The quantitative estimate of drug-likeness (QED) is 0.115. The van der Waals surface area contributed by atoms with Crippen LogP contribution in [0.15, 0.2) is 48.5 Å². The number of ether oxygens (including phenoxy) is 2. The van der Waals surface area contributed by atoms with E-state index >= 15 is 0 Å². The normalized spacial score (nSPS) is 11.7. The Balaban J connectivity index is 1.92. The third kappa shape index (κ3) is 14.3. The Kier molecular flexibility index (Phi) is 19.7. The first-order valence-corrected chi connectivity index (χ1v) is 16.5. The van der Waals surface area contributed by atoms with Crippen LogP contribution in [0.5, 0.6) is 0 Å². The van der Waals surface area contributed by atoms with Crippen molar-refractivity contribution in [2.45, 2.75) is 105 Å². The Bertz CT molecular complexity index is 800. The van der Waals surface area contributed by atoms with Gasteiger partial charge in [-0.1, -0.05) is 115 Å². The smallest absolute Gasteiger partial charge is 0.0723 e. The van der Waals surface area contributed by atoms with Gasteiger partial charge in [-0.25, -0.2) is 0 Å². The summed E-state index contributed by atoms with van der Waals surface area (Å²) in [5, 5.41) is 0. The number of unbranched alkanes of at least 4 members (excludes halogenated alkanes) is 6. The zero-order valence-electron chi connectivity index (χ0n) is 26.5. The standard InChI is InChI=1S/C36H60N2O2/c1-5-9-17-25-37(23-11-7-3)27-29-39-31-33-19-13-15-21-35(33)36-22-16-14-20-34(36)32-40-30-28-38(24-12-8-4)26-18-10-6-2/h13-16,19-22H,5-12,17-18,23-32H2,1-4H3. The van der Waals surface area contributed by atoms with Gasteiger partial charge in [0.15, 0.2) is 0 Å². The first-order valence-electron chi connectivity index (χ1n) is 16.5. The molecule has 0 unspecified atom stereocenters. The zero-order valence-corrected chi connectivity index (χ0v) is 26.5. The Hall–Kier alpha value is -1.72. The van der Waals surface area contributed by atoms with E-state index < -0.39 is 0 Å². The summed E-state index contributed by atoms with van der Waals surface area (Å²) in [7, 11) is 0. The molecular formula is C36H60N2O2. The van der Waals surface area contributed by atoms with Crippen molar-refractivity contribution in [3.63, 3.8) is 0 Å². The van der Waals surface area contributed by atoms with E-state index in [0.29, 0.717) is 13.2 Å². The summed E-state index contributed by atoms with van der Waals surface area (Å²) < 4.78 is 12.5. The van der Waals surface area contributed by atoms with Gasteiger partial charge in [0.25, 0.3) is 0 Å². The minimum Gasteiger partial charge on any atom is -0.375 e. The molecule has 0 heterocycles. The zero-order chi connectivity index (χ0) is 28.7. The molecule has 0 saturated carbocycles. The van der Waals surface area contributed by atoms with Gasteiger partial charge in [0.2, 0.25) is 0 Å². The minimum atomic E-state index is 0.645. The molecule has 2 rings (SSSR count). The number of benzene rings is 2. The maximum atomic E-state index is 6.26. The molecule has 0 saturated heterocycles. The summed E-state index contributed by atoms with van der Waals surface area (Å²) >= 11 is 0.